The summed E-state index contributed by atoms with van der Waals surface area (Å²) >= 11 is 5.53. The number of para-hydroxylation sites is 1. The first kappa shape index (κ1) is 11.1. The highest BCUT2D eigenvalue weighted by atomic mass is 35.5. The largest absolute Gasteiger partial charge is 0.493 e. The lowest BCUT2D eigenvalue weighted by molar-refractivity contribution is 0.111. The van der Waals surface area contributed by atoms with Crippen LogP contribution in [0.3, 0.4) is 0 Å². The minimum absolute atomic E-state index is 0.551. The van der Waals surface area contributed by atoms with Gasteiger partial charge in [-0.05, 0) is 25.0 Å². The van der Waals surface area contributed by atoms with Crippen LogP contribution in [-0.4, -0.2) is 18.8 Å². The van der Waals surface area contributed by atoms with Crippen LogP contribution in [0.15, 0.2) is 18.2 Å². The third-order valence-electron chi connectivity index (χ3n) is 1.89. The molecule has 0 aliphatic rings. The van der Waals surface area contributed by atoms with Crippen LogP contribution in [0.5, 0.6) is 5.75 Å². The Labute approximate surface area is 88.8 Å². The molecule has 0 fully saturated rings. The molecule has 1 aromatic carbocycles. The quantitative estimate of drug-likeness (QED) is 0.426. The Balaban J connectivity index is 2.77. The van der Waals surface area contributed by atoms with Gasteiger partial charge in [0.1, 0.15) is 5.75 Å². The molecule has 76 valence electrons. The van der Waals surface area contributed by atoms with E-state index in [9.17, 15) is 4.79 Å². The molecule has 0 N–H and O–H groups in total. The van der Waals surface area contributed by atoms with E-state index in [-0.39, 0.29) is 0 Å². The summed E-state index contributed by atoms with van der Waals surface area (Å²) in [4.78, 5) is 10.7. The van der Waals surface area contributed by atoms with Crippen molar-refractivity contribution in [1.82, 2.24) is 0 Å². The highest BCUT2D eigenvalue weighted by Gasteiger charge is 2.05. The van der Waals surface area contributed by atoms with Crippen LogP contribution >= 0.6 is 11.6 Å². The number of carbonyl (C=O) groups is 1. The molecule has 3 heteroatoms. The maximum atomic E-state index is 10.7. The highest BCUT2D eigenvalue weighted by molar-refractivity contribution is 6.17. The fraction of sp³-hybridized carbons (Fsp3) is 0.364. The summed E-state index contributed by atoms with van der Waals surface area (Å²) in [5.41, 5.74) is 1.57. The van der Waals surface area contributed by atoms with Crippen molar-refractivity contribution in [3.8, 4) is 5.75 Å². The van der Waals surface area contributed by atoms with E-state index < -0.39 is 0 Å². The topological polar surface area (TPSA) is 26.3 Å². The molecule has 0 spiro atoms. The number of aryl methyl sites for hydroxylation is 1. The first-order valence-electron chi connectivity index (χ1n) is 4.53. The van der Waals surface area contributed by atoms with Crippen LogP contribution in [0.1, 0.15) is 22.3 Å². The zero-order chi connectivity index (χ0) is 10.4. The third-order valence-corrected chi connectivity index (χ3v) is 2.16. The molecule has 0 bridgehead atoms. The molecule has 0 aromatic heterocycles. The number of rotatable bonds is 5. The van der Waals surface area contributed by atoms with E-state index in [4.69, 9.17) is 16.3 Å². The molecule has 1 aromatic rings. The number of hydrogen-bond donors (Lipinski definition) is 0. The molecule has 0 radical (unpaired) electrons. The number of alkyl halides is 1. The Morgan fingerprint density at radius 1 is 1.50 bits per heavy atom. The number of hydrogen-bond acceptors (Lipinski definition) is 2. The van der Waals surface area contributed by atoms with E-state index in [0.29, 0.717) is 23.8 Å². The number of halogens is 1. The fourth-order valence-electron chi connectivity index (χ4n) is 1.19. The average molecular weight is 213 g/mol. The third kappa shape index (κ3) is 2.74. The summed E-state index contributed by atoms with van der Waals surface area (Å²) in [6, 6.07) is 5.51. The second-order valence-electron chi connectivity index (χ2n) is 3.00. The van der Waals surface area contributed by atoms with Crippen molar-refractivity contribution in [2.24, 2.45) is 0 Å². The average Bonchev–Trinajstić information content (AvgIpc) is 2.20. The molecule has 0 amide bonds. The van der Waals surface area contributed by atoms with Gasteiger partial charge in [0.05, 0.1) is 12.2 Å². The molecule has 0 heterocycles. The smallest absolute Gasteiger partial charge is 0.153 e. The van der Waals surface area contributed by atoms with Crippen molar-refractivity contribution in [1.29, 1.82) is 0 Å². The lowest BCUT2D eigenvalue weighted by Crippen LogP contribution is -2.02. The van der Waals surface area contributed by atoms with Crippen LogP contribution in [0.25, 0.3) is 0 Å². The van der Waals surface area contributed by atoms with Crippen molar-refractivity contribution < 1.29 is 9.53 Å². The number of aldehydes is 1. The summed E-state index contributed by atoms with van der Waals surface area (Å²) in [5.74, 6) is 1.25. The molecule has 2 nitrogen and oxygen atoms in total. The monoisotopic (exact) mass is 212 g/mol. The van der Waals surface area contributed by atoms with Gasteiger partial charge in [0.25, 0.3) is 0 Å². The first-order valence-corrected chi connectivity index (χ1v) is 5.06. The van der Waals surface area contributed by atoms with E-state index in [1.165, 1.54) is 0 Å². The van der Waals surface area contributed by atoms with Gasteiger partial charge in [0.2, 0.25) is 0 Å². The molecule has 0 aliphatic heterocycles. The Kier molecular flexibility index (Phi) is 4.47. The summed E-state index contributed by atoms with van der Waals surface area (Å²) in [5, 5.41) is 0. The van der Waals surface area contributed by atoms with E-state index >= 15 is 0 Å². The number of ether oxygens (including phenoxy) is 1. The van der Waals surface area contributed by atoms with Gasteiger partial charge in [-0.15, -0.1) is 11.6 Å². The normalized spacial score (nSPS) is 9.86. The van der Waals surface area contributed by atoms with Gasteiger partial charge in [-0.3, -0.25) is 4.79 Å². The molecule has 1 rings (SSSR count). The molecule has 0 aliphatic carbocycles. The van der Waals surface area contributed by atoms with E-state index in [1.807, 2.05) is 19.1 Å². The zero-order valence-corrected chi connectivity index (χ0v) is 8.88. The van der Waals surface area contributed by atoms with Crippen molar-refractivity contribution in [2.45, 2.75) is 13.3 Å². The predicted octanol–water partition coefficient (Wildman–Crippen LogP) is 2.82. The van der Waals surface area contributed by atoms with Crippen LogP contribution in [0, 0.1) is 6.92 Å². The summed E-state index contributed by atoms with van der Waals surface area (Å²) in [7, 11) is 0. The molecular formula is C11H13ClO2. The zero-order valence-electron chi connectivity index (χ0n) is 8.13. The SMILES string of the molecule is Cc1cccc(C=O)c1OCCCCl. The summed E-state index contributed by atoms with van der Waals surface area (Å²) < 4.78 is 5.48. The van der Waals surface area contributed by atoms with Gasteiger partial charge in [-0.25, -0.2) is 0 Å². The number of carbonyl (C=O) groups excluding carboxylic acids is 1. The van der Waals surface area contributed by atoms with Gasteiger partial charge in [-0.1, -0.05) is 12.1 Å². The van der Waals surface area contributed by atoms with E-state index in [1.54, 1.807) is 6.07 Å². The highest BCUT2D eigenvalue weighted by Crippen LogP contribution is 2.21. The fourth-order valence-corrected chi connectivity index (χ4v) is 1.30. The maximum absolute atomic E-state index is 10.7. The molecule has 0 atom stereocenters. The van der Waals surface area contributed by atoms with Gasteiger partial charge < -0.3 is 4.74 Å². The lowest BCUT2D eigenvalue weighted by Gasteiger charge is -2.10. The molecular weight excluding hydrogens is 200 g/mol. The number of benzene rings is 1. The molecule has 14 heavy (non-hydrogen) atoms. The van der Waals surface area contributed by atoms with E-state index in [0.717, 1.165) is 18.3 Å². The van der Waals surface area contributed by atoms with Gasteiger partial charge >= 0.3 is 0 Å². The summed E-state index contributed by atoms with van der Waals surface area (Å²) in [6.07, 6.45) is 1.59. The predicted molar refractivity (Wildman–Crippen MR) is 57.4 cm³/mol. The first-order chi connectivity index (χ1) is 6.79. The molecule has 0 saturated carbocycles. The Hall–Kier alpha value is -1.02. The van der Waals surface area contributed by atoms with Gasteiger partial charge in [-0.2, -0.15) is 0 Å². The van der Waals surface area contributed by atoms with Crippen molar-refractivity contribution in [3.63, 3.8) is 0 Å². The minimum atomic E-state index is 0.551. The second kappa shape index (κ2) is 5.66. The Morgan fingerprint density at radius 2 is 2.29 bits per heavy atom. The van der Waals surface area contributed by atoms with Crippen LogP contribution in [-0.2, 0) is 0 Å². The molecule has 0 saturated heterocycles. The van der Waals surface area contributed by atoms with Gasteiger partial charge in [0, 0.05) is 5.88 Å². The van der Waals surface area contributed by atoms with Gasteiger partial charge in [0.15, 0.2) is 6.29 Å². The lowest BCUT2D eigenvalue weighted by atomic mass is 10.1. The van der Waals surface area contributed by atoms with Crippen LogP contribution in [0.4, 0.5) is 0 Å². The summed E-state index contributed by atoms with van der Waals surface area (Å²) in [6.45, 7) is 2.47. The Morgan fingerprint density at radius 3 is 2.93 bits per heavy atom. The van der Waals surface area contributed by atoms with Crippen molar-refractivity contribution in [3.05, 3.63) is 29.3 Å². The van der Waals surface area contributed by atoms with Crippen molar-refractivity contribution in [2.75, 3.05) is 12.5 Å². The maximum Gasteiger partial charge on any atom is 0.153 e. The standard InChI is InChI=1S/C11H13ClO2/c1-9-4-2-5-10(8-13)11(9)14-7-3-6-12/h2,4-5,8H,3,6-7H2,1H3. The van der Waals surface area contributed by atoms with Crippen LogP contribution < -0.4 is 4.74 Å². The van der Waals surface area contributed by atoms with Crippen LogP contribution in [0.2, 0.25) is 0 Å². The van der Waals surface area contributed by atoms with Crippen molar-refractivity contribution >= 4 is 17.9 Å². The molecule has 0 unspecified atom stereocenters. The Bertz CT molecular complexity index is 310. The van der Waals surface area contributed by atoms with E-state index in [2.05, 4.69) is 0 Å². The minimum Gasteiger partial charge on any atom is -0.493 e. The second-order valence-corrected chi connectivity index (χ2v) is 3.38.